The van der Waals surface area contributed by atoms with E-state index in [1.54, 1.807) is 11.0 Å². The number of nitrogens with zero attached hydrogens (tertiary/aromatic N) is 1. The first kappa shape index (κ1) is 19.2. The van der Waals surface area contributed by atoms with Crippen LogP contribution in [0, 0.1) is 5.92 Å². The molecule has 0 atom stereocenters. The van der Waals surface area contributed by atoms with Gasteiger partial charge in [0, 0.05) is 25.4 Å². The summed E-state index contributed by atoms with van der Waals surface area (Å²) in [6.45, 7) is 1.12. The van der Waals surface area contributed by atoms with Crippen LogP contribution in [0.15, 0.2) is 83.8 Å². The standard InChI is InChI=1S/C24H24N2O3/c27-22-12-11-18(17-25-22)23(28)26-15-13-21(14-16-26)24(29,19-7-3-1-4-8-19)20-9-5-2-6-10-20/h1-12,17,21,29H,13-16H2,(H,25,27). The number of piperidine rings is 1. The van der Waals surface area contributed by atoms with Crippen LogP contribution >= 0.6 is 0 Å². The second-order valence-electron chi connectivity index (χ2n) is 7.51. The molecular formula is C24H24N2O3. The highest BCUT2D eigenvalue weighted by Gasteiger charge is 2.42. The van der Waals surface area contributed by atoms with E-state index in [1.807, 2.05) is 60.7 Å². The molecule has 2 N–H and O–H groups in total. The topological polar surface area (TPSA) is 73.4 Å². The average Bonchev–Trinajstić information content (AvgIpc) is 2.80. The Hall–Kier alpha value is -3.18. The molecule has 29 heavy (non-hydrogen) atoms. The van der Waals surface area contributed by atoms with Crippen molar-refractivity contribution in [3.05, 3.63) is 106 Å². The summed E-state index contributed by atoms with van der Waals surface area (Å²) in [4.78, 5) is 28.3. The molecular weight excluding hydrogens is 364 g/mol. The summed E-state index contributed by atoms with van der Waals surface area (Å²) in [6, 6.07) is 22.4. The van der Waals surface area contributed by atoms with E-state index >= 15 is 0 Å². The largest absolute Gasteiger partial charge is 0.380 e. The third kappa shape index (κ3) is 3.74. The van der Waals surface area contributed by atoms with E-state index in [1.165, 1.54) is 12.3 Å². The fourth-order valence-corrected chi connectivity index (χ4v) is 4.25. The van der Waals surface area contributed by atoms with Gasteiger partial charge in [0.2, 0.25) is 5.56 Å². The molecule has 2 heterocycles. The highest BCUT2D eigenvalue weighted by Crippen LogP contribution is 2.41. The van der Waals surface area contributed by atoms with Crippen molar-refractivity contribution in [2.24, 2.45) is 5.92 Å². The molecule has 0 radical (unpaired) electrons. The van der Waals surface area contributed by atoms with E-state index in [4.69, 9.17) is 0 Å². The summed E-state index contributed by atoms with van der Waals surface area (Å²) in [5.74, 6) is -0.102. The Morgan fingerprint density at radius 3 is 1.93 bits per heavy atom. The van der Waals surface area contributed by atoms with Crippen LogP contribution in [-0.4, -0.2) is 34.0 Å². The van der Waals surface area contributed by atoms with Crippen molar-refractivity contribution in [1.82, 2.24) is 9.88 Å². The van der Waals surface area contributed by atoms with Crippen molar-refractivity contribution in [2.75, 3.05) is 13.1 Å². The first-order valence-electron chi connectivity index (χ1n) is 9.90. The van der Waals surface area contributed by atoms with Gasteiger partial charge in [-0.2, -0.15) is 0 Å². The number of aliphatic hydroxyl groups is 1. The number of H-pyrrole nitrogens is 1. The first-order chi connectivity index (χ1) is 14.1. The zero-order valence-corrected chi connectivity index (χ0v) is 16.1. The Balaban J connectivity index is 1.57. The molecule has 5 nitrogen and oxygen atoms in total. The number of hydrogen-bond donors (Lipinski definition) is 2. The van der Waals surface area contributed by atoms with Gasteiger partial charge in [0.25, 0.3) is 5.91 Å². The van der Waals surface area contributed by atoms with Crippen molar-refractivity contribution in [2.45, 2.75) is 18.4 Å². The predicted molar refractivity (Wildman–Crippen MR) is 112 cm³/mol. The van der Waals surface area contributed by atoms with Gasteiger partial charge in [-0.1, -0.05) is 60.7 Å². The Kier molecular flexibility index (Phi) is 5.32. The minimum absolute atomic E-state index is 0.00747. The second-order valence-corrected chi connectivity index (χ2v) is 7.51. The normalized spacial score (nSPS) is 15.3. The smallest absolute Gasteiger partial charge is 0.255 e. The minimum atomic E-state index is -1.10. The number of amides is 1. The molecule has 1 fully saturated rings. The number of carbonyl (C=O) groups excluding carboxylic acids is 1. The lowest BCUT2D eigenvalue weighted by molar-refractivity contribution is -0.0122. The van der Waals surface area contributed by atoms with Crippen molar-refractivity contribution >= 4 is 5.91 Å². The molecule has 5 heteroatoms. The number of nitrogens with one attached hydrogen (secondary N) is 1. The summed E-state index contributed by atoms with van der Waals surface area (Å²) < 4.78 is 0. The zero-order chi connectivity index (χ0) is 20.3. The molecule has 4 rings (SSSR count). The lowest BCUT2D eigenvalue weighted by atomic mass is 9.72. The molecule has 1 aromatic heterocycles. The van der Waals surface area contributed by atoms with Gasteiger partial charge in [-0.05, 0) is 36.0 Å². The number of pyridine rings is 1. The van der Waals surface area contributed by atoms with Crippen LogP contribution in [0.3, 0.4) is 0 Å². The molecule has 0 unspecified atom stereocenters. The van der Waals surface area contributed by atoms with E-state index in [0.717, 1.165) is 11.1 Å². The number of carbonyl (C=O) groups is 1. The molecule has 0 aliphatic carbocycles. The molecule has 1 saturated heterocycles. The van der Waals surface area contributed by atoms with Crippen LogP contribution in [0.2, 0.25) is 0 Å². The Morgan fingerprint density at radius 1 is 0.897 bits per heavy atom. The number of benzene rings is 2. The fourth-order valence-electron chi connectivity index (χ4n) is 4.25. The number of hydrogen-bond acceptors (Lipinski definition) is 3. The molecule has 148 valence electrons. The number of rotatable bonds is 4. The van der Waals surface area contributed by atoms with Crippen LogP contribution in [0.5, 0.6) is 0 Å². The van der Waals surface area contributed by atoms with E-state index in [0.29, 0.717) is 31.5 Å². The molecule has 0 spiro atoms. The minimum Gasteiger partial charge on any atom is -0.380 e. The highest BCUT2D eigenvalue weighted by atomic mass is 16.3. The predicted octanol–water partition coefficient (Wildman–Crippen LogP) is 3.16. The lowest BCUT2D eigenvalue weighted by Crippen LogP contribution is -2.46. The zero-order valence-electron chi connectivity index (χ0n) is 16.1. The van der Waals surface area contributed by atoms with Gasteiger partial charge in [0.1, 0.15) is 5.60 Å². The third-order valence-corrected chi connectivity index (χ3v) is 5.83. The van der Waals surface area contributed by atoms with E-state index in [9.17, 15) is 14.7 Å². The van der Waals surface area contributed by atoms with Gasteiger partial charge >= 0.3 is 0 Å². The van der Waals surface area contributed by atoms with Crippen molar-refractivity contribution in [3.8, 4) is 0 Å². The van der Waals surface area contributed by atoms with Crippen LogP contribution in [0.4, 0.5) is 0 Å². The van der Waals surface area contributed by atoms with Gasteiger partial charge in [0.15, 0.2) is 0 Å². The number of aromatic nitrogens is 1. The molecule has 3 aromatic rings. The molecule has 2 aromatic carbocycles. The maximum absolute atomic E-state index is 12.7. The summed E-state index contributed by atoms with van der Waals surface area (Å²) in [6.07, 6.45) is 2.84. The SMILES string of the molecule is O=C(c1ccc(=O)[nH]c1)N1CCC(C(O)(c2ccccc2)c2ccccc2)CC1. The quantitative estimate of drug-likeness (QED) is 0.721. The van der Waals surface area contributed by atoms with Gasteiger partial charge in [-0.3, -0.25) is 9.59 Å². The van der Waals surface area contributed by atoms with Crippen molar-refractivity contribution < 1.29 is 9.90 Å². The van der Waals surface area contributed by atoms with E-state index in [-0.39, 0.29) is 17.4 Å². The fraction of sp³-hybridized carbons (Fsp3) is 0.250. The van der Waals surface area contributed by atoms with Crippen LogP contribution in [0.25, 0.3) is 0 Å². The van der Waals surface area contributed by atoms with Gasteiger partial charge in [-0.25, -0.2) is 0 Å². The lowest BCUT2D eigenvalue weighted by Gasteiger charge is -2.42. The molecule has 1 amide bonds. The molecule has 0 saturated carbocycles. The Morgan fingerprint density at radius 2 is 1.45 bits per heavy atom. The van der Waals surface area contributed by atoms with Crippen LogP contribution in [0.1, 0.15) is 34.3 Å². The van der Waals surface area contributed by atoms with Gasteiger partial charge < -0.3 is 15.0 Å². The van der Waals surface area contributed by atoms with Gasteiger partial charge in [-0.15, -0.1) is 0 Å². The Bertz CT molecular complexity index is 963. The summed E-state index contributed by atoms with van der Waals surface area (Å²) in [5.41, 5.74) is 0.893. The maximum atomic E-state index is 12.7. The van der Waals surface area contributed by atoms with E-state index in [2.05, 4.69) is 4.98 Å². The monoisotopic (exact) mass is 388 g/mol. The second kappa shape index (κ2) is 8.05. The maximum Gasteiger partial charge on any atom is 0.255 e. The first-order valence-corrected chi connectivity index (χ1v) is 9.90. The molecule has 1 aliphatic heterocycles. The highest BCUT2D eigenvalue weighted by molar-refractivity contribution is 5.93. The molecule has 0 bridgehead atoms. The molecule has 1 aliphatic rings. The van der Waals surface area contributed by atoms with Crippen LogP contribution in [-0.2, 0) is 5.60 Å². The van der Waals surface area contributed by atoms with Crippen molar-refractivity contribution in [3.63, 3.8) is 0 Å². The van der Waals surface area contributed by atoms with Gasteiger partial charge in [0.05, 0.1) is 5.56 Å². The third-order valence-electron chi connectivity index (χ3n) is 5.83. The summed E-state index contributed by atoms with van der Waals surface area (Å²) in [7, 11) is 0. The summed E-state index contributed by atoms with van der Waals surface area (Å²) in [5, 5.41) is 11.9. The Labute approximate surface area is 169 Å². The number of aromatic amines is 1. The van der Waals surface area contributed by atoms with E-state index < -0.39 is 5.60 Å². The van der Waals surface area contributed by atoms with Crippen LogP contribution < -0.4 is 5.56 Å². The van der Waals surface area contributed by atoms with Crippen molar-refractivity contribution in [1.29, 1.82) is 0 Å². The average molecular weight is 388 g/mol. The summed E-state index contributed by atoms with van der Waals surface area (Å²) >= 11 is 0. The number of likely N-dealkylation sites (tertiary alicyclic amines) is 1.